The summed E-state index contributed by atoms with van der Waals surface area (Å²) in [6.07, 6.45) is -0.163. The molecule has 0 bridgehead atoms. The van der Waals surface area contributed by atoms with Gasteiger partial charge in [0.1, 0.15) is 23.5 Å². The van der Waals surface area contributed by atoms with E-state index in [1.165, 1.54) is 12.1 Å². The zero-order valence-electron chi connectivity index (χ0n) is 15.4. The molecule has 146 valence electrons. The zero-order valence-corrected chi connectivity index (χ0v) is 15.4. The van der Waals surface area contributed by atoms with Crippen molar-refractivity contribution in [3.63, 3.8) is 0 Å². The molecule has 2 aromatic carbocycles. The maximum Gasteiger partial charge on any atom is 0.257 e. The quantitative estimate of drug-likeness (QED) is 0.796. The Bertz CT molecular complexity index is 947. The molecule has 3 aliphatic rings. The third kappa shape index (κ3) is 2.77. The van der Waals surface area contributed by atoms with E-state index in [1.807, 2.05) is 0 Å². The molecule has 0 aromatic heterocycles. The second kappa shape index (κ2) is 6.53. The Labute approximate surface area is 161 Å². The molecule has 0 spiro atoms. The summed E-state index contributed by atoms with van der Waals surface area (Å²) in [5.41, 5.74) is 1.28. The molecule has 0 aliphatic carbocycles. The molecular formula is C21H20F2N2O3. The number of benzene rings is 2. The highest BCUT2D eigenvalue weighted by molar-refractivity contribution is 5.98. The van der Waals surface area contributed by atoms with E-state index in [0.29, 0.717) is 42.7 Å². The van der Waals surface area contributed by atoms with Gasteiger partial charge in [0.2, 0.25) is 0 Å². The largest absolute Gasteiger partial charge is 0.486 e. The number of ether oxygens (including phenoxy) is 2. The second-order valence-electron chi connectivity index (χ2n) is 7.62. The molecule has 7 heteroatoms. The van der Waals surface area contributed by atoms with Gasteiger partial charge < -0.3 is 14.4 Å². The third-order valence-corrected chi connectivity index (χ3v) is 5.95. The minimum Gasteiger partial charge on any atom is -0.486 e. The lowest BCUT2D eigenvalue weighted by atomic mass is 10.0. The van der Waals surface area contributed by atoms with Gasteiger partial charge in [0.15, 0.2) is 0 Å². The van der Waals surface area contributed by atoms with Gasteiger partial charge in [0.05, 0.1) is 30.9 Å². The normalized spacial score (nSPS) is 25.0. The van der Waals surface area contributed by atoms with Gasteiger partial charge >= 0.3 is 0 Å². The van der Waals surface area contributed by atoms with Gasteiger partial charge in [-0.3, -0.25) is 9.69 Å². The first-order valence-electron chi connectivity index (χ1n) is 9.36. The summed E-state index contributed by atoms with van der Waals surface area (Å²) in [5.74, 6) is -0.942. The van der Waals surface area contributed by atoms with Gasteiger partial charge in [-0.05, 0) is 29.8 Å². The van der Waals surface area contributed by atoms with E-state index in [-0.39, 0.29) is 23.6 Å². The van der Waals surface area contributed by atoms with Crippen LogP contribution in [-0.4, -0.2) is 67.2 Å². The lowest BCUT2D eigenvalue weighted by Crippen LogP contribution is -2.49. The van der Waals surface area contributed by atoms with Crippen molar-refractivity contribution in [1.29, 1.82) is 0 Å². The zero-order chi connectivity index (χ0) is 19.4. The predicted octanol–water partition coefficient (Wildman–Crippen LogP) is 2.55. The monoisotopic (exact) mass is 386 g/mol. The van der Waals surface area contributed by atoms with Gasteiger partial charge in [0, 0.05) is 31.8 Å². The third-order valence-electron chi connectivity index (χ3n) is 5.95. The van der Waals surface area contributed by atoms with Gasteiger partial charge in [-0.2, -0.15) is 0 Å². The number of carbonyl (C=O) groups excluding carboxylic acids is 1. The Morgan fingerprint density at radius 1 is 1.04 bits per heavy atom. The van der Waals surface area contributed by atoms with Crippen LogP contribution in [0.3, 0.4) is 0 Å². The van der Waals surface area contributed by atoms with E-state index in [4.69, 9.17) is 9.47 Å². The van der Waals surface area contributed by atoms with E-state index >= 15 is 0 Å². The number of carbonyl (C=O) groups is 1. The van der Waals surface area contributed by atoms with Crippen molar-refractivity contribution in [2.45, 2.75) is 18.2 Å². The standard InChI is InChI=1S/C21H20F2N2O3/c1-24-18-8-25(14-10-27-11-14)9-20(18)28-19-6-12(2-4-16(19)21(24)26)15-5-3-13(22)7-17(15)23/h2-7,14,18,20H,8-11H2,1H3. The number of hydrogen-bond acceptors (Lipinski definition) is 4. The van der Waals surface area contributed by atoms with Crippen molar-refractivity contribution in [3.8, 4) is 16.9 Å². The second-order valence-corrected chi connectivity index (χ2v) is 7.62. The lowest BCUT2D eigenvalue weighted by molar-refractivity contribution is -0.0599. The topological polar surface area (TPSA) is 42.0 Å². The molecule has 2 unspecified atom stereocenters. The Morgan fingerprint density at radius 2 is 1.82 bits per heavy atom. The first-order valence-corrected chi connectivity index (χ1v) is 9.36. The molecule has 0 saturated carbocycles. The Balaban J connectivity index is 1.50. The predicted molar refractivity (Wildman–Crippen MR) is 98.3 cm³/mol. The highest BCUT2D eigenvalue weighted by atomic mass is 19.1. The summed E-state index contributed by atoms with van der Waals surface area (Å²) in [6, 6.07) is 8.79. The molecular weight excluding hydrogens is 366 g/mol. The van der Waals surface area contributed by atoms with E-state index in [9.17, 15) is 13.6 Å². The van der Waals surface area contributed by atoms with Crippen LogP contribution >= 0.6 is 0 Å². The average molecular weight is 386 g/mol. The molecule has 28 heavy (non-hydrogen) atoms. The van der Waals surface area contributed by atoms with Crippen LogP contribution in [0.5, 0.6) is 5.75 Å². The SMILES string of the molecule is CN1C(=O)c2ccc(-c3ccc(F)cc3F)cc2OC2CN(C3COC3)CC21. The van der Waals surface area contributed by atoms with Crippen LogP contribution in [-0.2, 0) is 4.74 Å². The molecule has 2 aromatic rings. The molecule has 0 N–H and O–H groups in total. The highest BCUT2D eigenvalue weighted by Gasteiger charge is 2.45. The summed E-state index contributed by atoms with van der Waals surface area (Å²) >= 11 is 0. The fourth-order valence-electron chi connectivity index (χ4n) is 4.20. The molecule has 3 aliphatic heterocycles. The molecule has 2 saturated heterocycles. The van der Waals surface area contributed by atoms with Crippen molar-refractivity contribution >= 4 is 5.91 Å². The van der Waals surface area contributed by atoms with Crippen molar-refractivity contribution in [2.75, 3.05) is 33.4 Å². The number of rotatable bonds is 2. The minimum atomic E-state index is -0.646. The summed E-state index contributed by atoms with van der Waals surface area (Å²) in [6.45, 7) is 2.88. The minimum absolute atomic E-state index is 0.0495. The maximum absolute atomic E-state index is 14.2. The van der Waals surface area contributed by atoms with E-state index in [1.54, 1.807) is 30.1 Å². The summed E-state index contributed by atoms with van der Waals surface area (Å²) in [7, 11) is 1.80. The lowest BCUT2D eigenvalue weighted by Gasteiger charge is -2.34. The first kappa shape index (κ1) is 17.6. The van der Waals surface area contributed by atoms with Crippen LogP contribution < -0.4 is 4.74 Å². The molecule has 1 amide bonds. The van der Waals surface area contributed by atoms with Crippen molar-refractivity contribution in [1.82, 2.24) is 9.80 Å². The Kier molecular flexibility index (Phi) is 4.10. The summed E-state index contributed by atoms with van der Waals surface area (Å²) in [4.78, 5) is 17.0. The number of likely N-dealkylation sites (N-methyl/N-ethyl adjacent to an activating group) is 1. The molecule has 2 atom stereocenters. The number of nitrogens with zero attached hydrogens (tertiary/aromatic N) is 2. The van der Waals surface area contributed by atoms with Crippen LogP contribution in [0.15, 0.2) is 36.4 Å². The fraction of sp³-hybridized carbons (Fsp3) is 0.381. The van der Waals surface area contributed by atoms with Gasteiger partial charge in [-0.1, -0.05) is 6.07 Å². The van der Waals surface area contributed by atoms with Gasteiger partial charge in [-0.25, -0.2) is 8.78 Å². The molecule has 5 nitrogen and oxygen atoms in total. The Hall–Kier alpha value is -2.51. The molecule has 3 heterocycles. The van der Waals surface area contributed by atoms with Crippen molar-refractivity contribution in [3.05, 3.63) is 53.6 Å². The van der Waals surface area contributed by atoms with E-state index < -0.39 is 11.6 Å². The van der Waals surface area contributed by atoms with Gasteiger partial charge in [0.25, 0.3) is 5.91 Å². The highest BCUT2D eigenvalue weighted by Crippen LogP contribution is 2.35. The average Bonchev–Trinajstić information content (AvgIpc) is 2.98. The fourth-order valence-corrected chi connectivity index (χ4v) is 4.20. The van der Waals surface area contributed by atoms with Crippen LogP contribution in [0.25, 0.3) is 11.1 Å². The van der Waals surface area contributed by atoms with Crippen LogP contribution in [0.1, 0.15) is 10.4 Å². The van der Waals surface area contributed by atoms with Crippen LogP contribution in [0, 0.1) is 11.6 Å². The number of fused-ring (bicyclic) bond motifs is 2. The van der Waals surface area contributed by atoms with Crippen molar-refractivity contribution in [2.24, 2.45) is 0 Å². The summed E-state index contributed by atoms with van der Waals surface area (Å²) in [5, 5.41) is 0. The number of halogens is 2. The smallest absolute Gasteiger partial charge is 0.257 e. The number of likely N-dealkylation sites (tertiary alicyclic amines) is 1. The van der Waals surface area contributed by atoms with Gasteiger partial charge in [-0.15, -0.1) is 0 Å². The molecule has 0 radical (unpaired) electrons. The van der Waals surface area contributed by atoms with E-state index in [2.05, 4.69) is 4.90 Å². The maximum atomic E-state index is 14.2. The van der Waals surface area contributed by atoms with Crippen molar-refractivity contribution < 1.29 is 23.0 Å². The van der Waals surface area contributed by atoms with Crippen LogP contribution in [0.4, 0.5) is 8.78 Å². The number of amides is 1. The first-order chi connectivity index (χ1) is 13.5. The summed E-state index contributed by atoms with van der Waals surface area (Å²) < 4.78 is 39.0. The molecule has 2 fully saturated rings. The van der Waals surface area contributed by atoms with E-state index in [0.717, 1.165) is 12.6 Å². The number of hydrogen-bond donors (Lipinski definition) is 0. The van der Waals surface area contributed by atoms with Crippen LogP contribution in [0.2, 0.25) is 0 Å². The molecule has 5 rings (SSSR count). The Morgan fingerprint density at radius 3 is 2.54 bits per heavy atom.